The smallest absolute Gasteiger partial charge is 0.159 e. The molecule has 1 aliphatic rings. The first kappa shape index (κ1) is 10.6. The van der Waals surface area contributed by atoms with Gasteiger partial charge in [-0.05, 0) is 37.6 Å². The lowest BCUT2D eigenvalue weighted by Gasteiger charge is -2.29. The Morgan fingerprint density at radius 3 is 2.33 bits per heavy atom. The second kappa shape index (κ2) is 3.89. The Bertz CT molecular complexity index is 357. The van der Waals surface area contributed by atoms with Crippen LogP contribution in [-0.2, 0) is 5.54 Å². The van der Waals surface area contributed by atoms with Crippen LogP contribution in [0, 0.1) is 11.6 Å². The van der Waals surface area contributed by atoms with Gasteiger partial charge in [0.2, 0.25) is 0 Å². The summed E-state index contributed by atoms with van der Waals surface area (Å²) in [7, 11) is 1.88. The maximum atomic E-state index is 13.1. The number of hydrogen-bond acceptors (Lipinski definition) is 1. The summed E-state index contributed by atoms with van der Waals surface area (Å²) < 4.78 is 26.0. The molecule has 1 saturated carbocycles. The van der Waals surface area contributed by atoms with Crippen LogP contribution in [0.2, 0.25) is 0 Å². The molecule has 3 heteroatoms. The Hall–Kier alpha value is -0.960. The molecule has 0 heterocycles. The maximum absolute atomic E-state index is 13.1. The van der Waals surface area contributed by atoms with Crippen molar-refractivity contribution in [3.63, 3.8) is 0 Å². The Balaban J connectivity index is 2.38. The molecule has 0 bridgehead atoms. The molecule has 0 aliphatic heterocycles. The van der Waals surface area contributed by atoms with Gasteiger partial charge in [0.05, 0.1) is 0 Å². The Labute approximate surface area is 88.5 Å². The lowest BCUT2D eigenvalue weighted by molar-refractivity contribution is 0.368. The van der Waals surface area contributed by atoms with Crippen LogP contribution in [0.15, 0.2) is 18.2 Å². The third-order valence-corrected chi connectivity index (χ3v) is 3.41. The lowest BCUT2D eigenvalue weighted by Crippen LogP contribution is -2.37. The highest BCUT2D eigenvalue weighted by atomic mass is 19.2. The van der Waals surface area contributed by atoms with Crippen molar-refractivity contribution in [1.82, 2.24) is 5.32 Å². The van der Waals surface area contributed by atoms with Crippen LogP contribution < -0.4 is 5.32 Å². The highest BCUT2D eigenvalue weighted by Crippen LogP contribution is 2.38. The molecule has 0 spiro atoms. The van der Waals surface area contributed by atoms with Gasteiger partial charge in [-0.3, -0.25) is 0 Å². The first-order valence-electron chi connectivity index (χ1n) is 5.32. The fraction of sp³-hybridized carbons (Fsp3) is 0.500. The lowest BCUT2D eigenvalue weighted by atomic mass is 9.88. The van der Waals surface area contributed by atoms with E-state index in [9.17, 15) is 8.78 Å². The number of hydrogen-bond donors (Lipinski definition) is 1. The Morgan fingerprint density at radius 2 is 1.80 bits per heavy atom. The number of rotatable bonds is 2. The van der Waals surface area contributed by atoms with Crippen molar-refractivity contribution in [3.8, 4) is 0 Å². The summed E-state index contributed by atoms with van der Waals surface area (Å²) in [6, 6.07) is 4.21. The van der Waals surface area contributed by atoms with Crippen LogP contribution in [-0.4, -0.2) is 7.05 Å². The normalized spacial score (nSPS) is 19.4. The molecule has 1 aromatic carbocycles. The van der Waals surface area contributed by atoms with Crippen molar-refractivity contribution >= 4 is 0 Å². The summed E-state index contributed by atoms with van der Waals surface area (Å²) in [5.74, 6) is -1.53. The molecule has 2 rings (SSSR count). The van der Waals surface area contributed by atoms with Crippen molar-refractivity contribution in [2.45, 2.75) is 31.2 Å². The van der Waals surface area contributed by atoms with E-state index in [1.807, 2.05) is 7.05 Å². The zero-order valence-corrected chi connectivity index (χ0v) is 8.82. The molecule has 0 radical (unpaired) electrons. The number of benzene rings is 1. The first-order valence-corrected chi connectivity index (χ1v) is 5.32. The Morgan fingerprint density at radius 1 is 1.13 bits per heavy atom. The van der Waals surface area contributed by atoms with E-state index in [4.69, 9.17) is 0 Å². The van der Waals surface area contributed by atoms with Crippen LogP contribution in [0.25, 0.3) is 0 Å². The third-order valence-electron chi connectivity index (χ3n) is 3.41. The van der Waals surface area contributed by atoms with Crippen molar-refractivity contribution in [1.29, 1.82) is 0 Å². The summed E-state index contributed by atoms with van der Waals surface area (Å²) in [5.41, 5.74) is 0.718. The van der Waals surface area contributed by atoms with Gasteiger partial charge in [-0.1, -0.05) is 18.9 Å². The highest BCUT2D eigenvalue weighted by Gasteiger charge is 2.34. The molecule has 0 unspecified atom stereocenters. The fourth-order valence-electron chi connectivity index (χ4n) is 2.46. The van der Waals surface area contributed by atoms with Crippen LogP contribution in [0.5, 0.6) is 0 Å². The van der Waals surface area contributed by atoms with Gasteiger partial charge < -0.3 is 5.32 Å². The van der Waals surface area contributed by atoms with Crippen molar-refractivity contribution < 1.29 is 8.78 Å². The summed E-state index contributed by atoms with van der Waals surface area (Å²) >= 11 is 0. The standard InChI is InChI=1S/C12H15F2N/c1-15-12(6-2-3-7-12)9-4-5-10(13)11(14)8-9/h4-5,8,15H,2-3,6-7H2,1H3. The van der Waals surface area contributed by atoms with E-state index in [1.54, 1.807) is 6.07 Å². The summed E-state index contributed by atoms with van der Waals surface area (Å²) in [5, 5.41) is 3.25. The molecule has 0 atom stereocenters. The largest absolute Gasteiger partial charge is 0.310 e. The van der Waals surface area contributed by atoms with E-state index in [0.29, 0.717) is 0 Å². The minimum atomic E-state index is -0.775. The number of nitrogens with one attached hydrogen (secondary N) is 1. The SMILES string of the molecule is CNC1(c2ccc(F)c(F)c2)CCCC1. The molecular weight excluding hydrogens is 196 g/mol. The molecular formula is C12H15F2N. The van der Waals surface area contributed by atoms with E-state index in [1.165, 1.54) is 12.1 Å². The molecule has 0 amide bonds. The fourth-order valence-corrected chi connectivity index (χ4v) is 2.46. The monoisotopic (exact) mass is 211 g/mol. The van der Waals surface area contributed by atoms with E-state index in [-0.39, 0.29) is 5.54 Å². The predicted molar refractivity (Wildman–Crippen MR) is 55.6 cm³/mol. The first-order chi connectivity index (χ1) is 7.18. The second-order valence-electron chi connectivity index (χ2n) is 4.17. The summed E-state index contributed by atoms with van der Waals surface area (Å²) in [6.45, 7) is 0. The highest BCUT2D eigenvalue weighted by molar-refractivity contribution is 5.27. The van der Waals surface area contributed by atoms with Crippen molar-refractivity contribution in [3.05, 3.63) is 35.4 Å². The maximum Gasteiger partial charge on any atom is 0.159 e. The Kier molecular flexibility index (Phi) is 2.74. The summed E-state index contributed by atoms with van der Waals surface area (Å²) in [4.78, 5) is 0. The minimum Gasteiger partial charge on any atom is -0.310 e. The molecule has 15 heavy (non-hydrogen) atoms. The molecule has 1 nitrogen and oxygen atoms in total. The van der Waals surface area contributed by atoms with E-state index in [2.05, 4.69) is 5.32 Å². The molecule has 0 saturated heterocycles. The van der Waals surface area contributed by atoms with Crippen LogP contribution >= 0.6 is 0 Å². The van der Waals surface area contributed by atoms with Crippen LogP contribution in [0.1, 0.15) is 31.2 Å². The predicted octanol–water partition coefficient (Wildman–Crippen LogP) is 2.95. The molecule has 1 fully saturated rings. The van der Waals surface area contributed by atoms with Gasteiger partial charge in [-0.25, -0.2) is 8.78 Å². The summed E-state index contributed by atoms with van der Waals surface area (Å²) in [6.07, 6.45) is 4.27. The van der Waals surface area contributed by atoms with Crippen LogP contribution in [0.4, 0.5) is 8.78 Å². The average Bonchev–Trinajstić information content (AvgIpc) is 2.72. The zero-order chi connectivity index (χ0) is 10.9. The molecule has 0 aromatic heterocycles. The van der Waals surface area contributed by atoms with Gasteiger partial charge in [0.15, 0.2) is 11.6 Å². The van der Waals surface area contributed by atoms with E-state index >= 15 is 0 Å². The van der Waals surface area contributed by atoms with E-state index in [0.717, 1.165) is 31.2 Å². The van der Waals surface area contributed by atoms with Crippen LogP contribution in [0.3, 0.4) is 0 Å². The van der Waals surface area contributed by atoms with Gasteiger partial charge in [0.1, 0.15) is 0 Å². The van der Waals surface area contributed by atoms with Gasteiger partial charge in [0, 0.05) is 5.54 Å². The van der Waals surface area contributed by atoms with E-state index < -0.39 is 11.6 Å². The molecule has 1 aliphatic carbocycles. The van der Waals surface area contributed by atoms with Gasteiger partial charge >= 0.3 is 0 Å². The van der Waals surface area contributed by atoms with Gasteiger partial charge in [-0.15, -0.1) is 0 Å². The zero-order valence-electron chi connectivity index (χ0n) is 8.82. The topological polar surface area (TPSA) is 12.0 Å². The molecule has 1 aromatic rings. The molecule has 1 N–H and O–H groups in total. The second-order valence-corrected chi connectivity index (χ2v) is 4.17. The number of halogens is 2. The van der Waals surface area contributed by atoms with Gasteiger partial charge in [-0.2, -0.15) is 0 Å². The van der Waals surface area contributed by atoms with Crippen molar-refractivity contribution in [2.75, 3.05) is 7.05 Å². The molecule has 82 valence electrons. The minimum absolute atomic E-state index is 0.144. The average molecular weight is 211 g/mol. The van der Waals surface area contributed by atoms with Crippen molar-refractivity contribution in [2.24, 2.45) is 0 Å². The third kappa shape index (κ3) is 1.76. The van der Waals surface area contributed by atoms with Gasteiger partial charge in [0.25, 0.3) is 0 Å². The quantitative estimate of drug-likeness (QED) is 0.793.